The van der Waals surface area contributed by atoms with Crippen molar-refractivity contribution in [1.29, 1.82) is 5.39 Å². The Balaban J connectivity index is 0.00000324. The summed E-state index contributed by atoms with van der Waals surface area (Å²) in [5, 5.41) is 8.71. The maximum absolute atomic E-state index is 11.2. The van der Waals surface area contributed by atoms with Crippen LogP contribution in [0.15, 0.2) is 15.9 Å². The predicted octanol–water partition coefficient (Wildman–Crippen LogP) is -1.42. The molecule has 0 saturated carbocycles. The lowest BCUT2D eigenvalue weighted by molar-refractivity contribution is -0.0000120. The van der Waals surface area contributed by atoms with Crippen molar-refractivity contribution in [2.24, 2.45) is 0 Å². The van der Waals surface area contributed by atoms with Gasteiger partial charge in [0.25, 0.3) is 10.1 Å². The number of aryl methyl sites for hydroxylation is 1. The summed E-state index contributed by atoms with van der Waals surface area (Å²) < 4.78 is 62.6. The molecule has 0 aromatic heterocycles. The summed E-state index contributed by atoms with van der Waals surface area (Å²) >= 11 is 1.47. The van der Waals surface area contributed by atoms with Crippen LogP contribution in [0.4, 0.5) is 5.69 Å². The molecule has 0 unspecified atom stereocenters. The highest BCUT2D eigenvalue weighted by Gasteiger charge is 2.37. The van der Waals surface area contributed by atoms with Crippen LogP contribution in [0.25, 0.3) is 4.98 Å². The van der Waals surface area contributed by atoms with E-state index in [1.807, 2.05) is 0 Å². The summed E-state index contributed by atoms with van der Waals surface area (Å²) in [5.41, 5.74) is -0.535. The first-order valence-corrected chi connectivity index (χ1v) is 8.09. The minimum absolute atomic E-state index is 0. The van der Waals surface area contributed by atoms with Gasteiger partial charge in [-0.3, -0.25) is 9.11 Å². The highest BCUT2D eigenvalue weighted by Crippen LogP contribution is 2.37. The van der Waals surface area contributed by atoms with Crippen LogP contribution < -0.4 is 12.4 Å². The second-order valence-electron chi connectivity index (χ2n) is 3.23. The van der Waals surface area contributed by atoms with Crippen LogP contribution in [0.5, 0.6) is 0 Å². The molecular formula is C7H6ClIN2O6S2. The average molecular weight is 441 g/mol. The Labute approximate surface area is 128 Å². The first kappa shape index (κ1) is 18.5. The largest absolute Gasteiger partial charge is 1.00 e. The third-order valence-corrected chi connectivity index (χ3v) is 5.17. The van der Waals surface area contributed by atoms with E-state index in [0.717, 1.165) is 0 Å². The summed E-state index contributed by atoms with van der Waals surface area (Å²) in [7, 11) is -9.92. The molecule has 0 atom stereocenters. The summed E-state index contributed by atoms with van der Waals surface area (Å²) in [6.45, 7) is 1.35. The first-order chi connectivity index (χ1) is 8.00. The molecule has 0 saturated heterocycles. The number of benzene rings is 1. The van der Waals surface area contributed by atoms with E-state index in [-0.39, 0.29) is 21.5 Å². The molecular weight excluding hydrogens is 435 g/mol. The molecule has 0 aliphatic heterocycles. The van der Waals surface area contributed by atoms with Crippen LogP contribution >= 0.6 is 22.6 Å². The fourth-order valence-electron chi connectivity index (χ4n) is 1.32. The van der Waals surface area contributed by atoms with Crippen molar-refractivity contribution < 1.29 is 38.3 Å². The number of diazo groups is 1. The van der Waals surface area contributed by atoms with Gasteiger partial charge in [-0.05, 0) is 35.6 Å². The maximum Gasteiger partial charge on any atom is 0.410 e. The molecule has 19 heavy (non-hydrogen) atoms. The van der Waals surface area contributed by atoms with Gasteiger partial charge in [0.2, 0.25) is 10.3 Å². The molecule has 106 valence electrons. The van der Waals surface area contributed by atoms with Crippen molar-refractivity contribution in [2.45, 2.75) is 16.7 Å². The molecule has 0 amide bonds. The fraction of sp³-hybridized carbons (Fsp3) is 0.143. The van der Waals surface area contributed by atoms with Gasteiger partial charge in [-0.25, -0.2) is 0 Å². The molecule has 1 rings (SSSR count). The molecule has 1 aromatic carbocycles. The summed E-state index contributed by atoms with van der Waals surface area (Å²) in [5.74, 6) is 0. The zero-order valence-electron chi connectivity index (χ0n) is 9.07. The number of nitrogens with zero attached hydrogens (tertiary/aromatic N) is 2. The zero-order valence-corrected chi connectivity index (χ0v) is 13.6. The van der Waals surface area contributed by atoms with Crippen molar-refractivity contribution >= 4 is 48.5 Å². The highest BCUT2D eigenvalue weighted by atomic mass is 127. The maximum atomic E-state index is 11.2. The predicted molar refractivity (Wildman–Crippen MR) is 68.3 cm³/mol. The monoisotopic (exact) mass is 440 g/mol. The van der Waals surface area contributed by atoms with Gasteiger partial charge in [0, 0.05) is 9.13 Å². The molecule has 0 fully saturated rings. The molecule has 0 radical (unpaired) electrons. The third-order valence-electron chi connectivity index (χ3n) is 1.97. The molecule has 0 heterocycles. The molecule has 1 aromatic rings. The summed E-state index contributed by atoms with van der Waals surface area (Å²) in [4.78, 5) is 0.454. The third kappa shape index (κ3) is 3.74. The van der Waals surface area contributed by atoms with Gasteiger partial charge in [0.1, 0.15) is 4.90 Å². The van der Waals surface area contributed by atoms with Crippen LogP contribution in [0.1, 0.15) is 5.56 Å². The molecule has 0 aliphatic rings. The number of hydrogen-bond acceptors (Lipinski definition) is 5. The second kappa shape index (κ2) is 5.85. The Hall–Kier alpha value is -0.520. The normalized spacial score (nSPS) is 11.5. The van der Waals surface area contributed by atoms with Crippen molar-refractivity contribution in [3.63, 3.8) is 0 Å². The topological polar surface area (TPSA) is 137 Å². The summed E-state index contributed by atoms with van der Waals surface area (Å²) in [6.07, 6.45) is 0. The molecule has 0 bridgehead atoms. The van der Waals surface area contributed by atoms with Crippen molar-refractivity contribution in [1.82, 2.24) is 0 Å². The van der Waals surface area contributed by atoms with Crippen LogP contribution in [0, 0.1) is 15.9 Å². The van der Waals surface area contributed by atoms with Gasteiger partial charge in [-0.1, -0.05) is 0 Å². The molecule has 0 aliphatic carbocycles. The molecule has 2 N–H and O–H groups in total. The van der Waals surface area contributed by atoms with E-state index >= 15 is 0 Å². The van der Waals surface area contributed by atoms with E-state index in [1.165, 1.54) is 35.6 Å². The van der Waals surface area contributed by atoms with Gasteiger partial charge in [0.15, 0.2) is 4.98 Å². The van der Waals surface area contributed by atoms with E-state index in [4.69, 9.17) is 14.5 Å². The minimum Gasteiger partial charge on any atom is -1.00 e. The van der Waals surface area contributed by atoms with Crippen LogP contribution in [-0.2, 0) is 20.2 Å². The second-order valence-corrected chi connectivity index (χ2v) is 7.11. The highest BCUT2D eigenvalue weighted by molar-refractivity contribution is 14.1. The Kier molecular flexibility index (Phi) is 5.69. The van der Waals surface area contributed by atoms with Gasteiger partial charge >= 0.3 is 15.8 Å². The Bertz CT molecular complexity index is 768. The standard InChI is InChI=1S/C7H5IN2O6S2.ClH/c1-3-2-4(8)6(17(11,12)13)7(5(3)10-9)18(14,15)16;/h2H,1H3,(H-,11,12,13,14,15,16);1H. The quantitative estimate of drug-likeness (QED) is 0.327. The van der Waals surface area contributed by atoms with Crippen molar-refractivity contribution in [3.05, 3.63) is 20.2 Å². The number of rotatable bonds is 2. The first-order valence-electron chi connectivity index (χ1n) is 4.13. The van der Waals surface area contributed by atoms with Gasteiger partial charge in [-0.2, -0.15) is 16.8 Å². The van der Waals surface area contributed by atoms with Crippen LogP contribution in [0.2, 0.25) is 0 Å². The minimum atomic E-state index is -5.00. The number of halogens is 2. The summed E-state index contributed by atoms with van der Waals surface area (Å²) in [6, 6.07) is 1.19. The average Bonchev–Trinajstić information content (AvgIpc) is 2.12. The van der Waals surface area contributed by atoms with E-state index < -0.39 is 35.7 Å². The zero-order chi connectivity index (χ0) is 14.3. The Morgan fingerprint density at radius 2 is 1.58 bits per heavy atom. The van der Waals surface area contributed by atoms with Gasteiger partial charge in [-0.15, -0.1) is 0 Å². The molecule has 8 nitrogen and oxygen atoms in total. The van der Waals surface area contributed by atoms with E-state index in [0.29, 0.717) is 0 Å². The van der Waals surface area contributed by atoms with Crippen LogP contribution in [0.3, 0.4) is 0 Å². The van der Waals surface area contributed by atoms with Crippen molar-refractivity contribution in [3.8, 4) is 0 Å². The van der Waals surface area contributed by atoms with E-state index in [9.17, 15) is 16.8 Å². The fourth-order valence-corrected chi connectivity index (χ4v) is 5.14. The van der Waals surface area contributed by atoms with Crippen molar-refractivity contribution in [2.75, 3.05) is 0 Å². The van der Waals surface area contributed by atoms with Gasteiger partial charge < -0.3 is 12.4 Å². The Morgan fingerprint density at radius 3 is 1.89 bits per heavy atom. The van der Waals surface area contributed by atoms with E-state index in [1.54, 1.807) is 0 Å². The van der Waals surface area contributed by atoms with Gasteiger partial charge in [0.05, 0.1) is 0 Å². The molecule has 0 spiro atoms. The Morgan fingerprint density at radius 1 is 1.16 bits per heavy atom. The SMILES string of the molecule is Cc1cc(I)c(S(=O)(=O)O)c(S(=O)(=O)O)c1[N+]#N.[Cl-]. The van der Waals surface area contributed by atoms with Crippen LogP contribution in [-0.4, -0.2) is 25.9 Å². The molecule has 12 heteroatoms. The lowest BCUT2D eigenvalue weighted by Gasteiger charge is -2.05. The number of hydrogen-bond donors (Lipinski definition) is 2. The van der Waals surface area contributed by atoms with E-state index in [2.05, 4.69) is 4.98 Å². The lowest BCUT2D eigenvalue weighted by atomic mass is 10.2. The smallest absolute Gasteiger partial charge is 0.410 e. The lowest BCUT2D eigenvalue weighted by Crippen LogP contribution is -3.00.